The highest BCUT2D eigenvalue weighted by Crippen LogP contribution is 2.48. The van der Waals surface area contributed by atoms with Crippen LogP contribution in [0, 0.1) is 0 Å². The third-order valence-corrected chi connectivity index (χ3v) is 6.32. The summed E-state index contributed by atoms with van der Waals surface area (Å²) in [4.78, 5) is 11.9. The second kappa shape index (κ2) is 8.91. The van der Waals surface area contributed by atoms with E-state index >= 15 is 0 Å². The summed E-state index contributed by atoms with van der Waals surface area (Å²) < 4.78 is 22.0. The van der Waals surface area contributed by atoms with E-state index in [2.05, 4.69) is 0 Å². The van der Waals surface area contributed by atoms with Gasteiger partial charge in [-0.3, -0.25) is 0 Å². The van der Waals surface area contributed by atoms with Crippen molar-refractivity contribution < 1.29 is 23.7 Å². The topological polar surface area (TPSA) is 69.6 Å². The van der Waals surface area contributed by atoms with Gasteiger partial charge in [-0.25, -0.2) is 9.80 Å². The van der Waals surface area contributed by atoms with Crippen LogP contribution >= 0.6 is 11.6 Å². The van der Waals surface area contributed by atoms with Crippen molar-refractivity contribution in [1.29, 1.82) is 0 Å². The predicted octanol–water partition coefficient (Wildman–Crippen LogP) is 5.39. The fourth-order valence-electron chi connectivity index (χ4n) is 4.37. The van der Waals surface area contributed by atoms with Gasteiger partial charge < -0.3 is 18.9 Å². The average Bonchev–Trinajstić information content (AvgIpc) is 3.33. The molecule has 7 nitrogen and oxygen atoms in total. The fraction of sp³-hybridized carbons (Fsp3) is 0.231. The van der Waals surface area contributed by atoms with Gasteiger partial charge in [0, 0.05) is 28.1 Å². The number of carbonyl (C=O) groups excluding carboxylic acids is 1. The average molecular weight is 479 g/mol. The number of esters is 1. The highest BCUT2D eigenvalue weighted by molar-refractivity contribution is 6.30. The quantitative estimate of drug-likeness (QED) is 0.458. The summed E-state index contributed by atoms with van der Waals surface area (Å²) >= 11 is 6.32. The van der Waals surface area contributed by atoms with Crippen LogP contribution in [0.15, 0.2) is 65.8 Å². The van der Waals surface area contributed by atoms with Gasteiger partial charge in [-0.15, -0.1) is 0 Å². The maximum atomic E-state index is 11.9. The zero-order valence-electron chi connectivity index (χ0n) is 18.9. The van der Waals surface area contributed by atoms with Crippen molar-refractivity contribution in [1.82, 2.24) is 5.01 Å². The number of carbonyl (C=O) groups is 1. The Hall–Kier alpha value is -3.71. The van der Waals surface area contributed by atoms with Crippen LogP contribution in [0.5, 0.6) is 17.2 Å². The Morgan fingerprint density at radius 2 is 1.76 bits per heavy atom. The molecule has 2 aliphatic rings. The first-order chi connectivity index (χ1) is 16.5. The van der Waals surface area contributed by atoms with Gasteiger partial charge in [-0.2, -0.15) is 5.10 Å². The zero-order valence-corrected chi connectivity index (χ0v) is 19.7. The van der Waals surface area contributed by atoms with E-state index in [1.807, 2.05) is 53.5 Å². The number of ether oxygens (including phenoxy) is 4. The molecule has 5 rings (SSSR count). The molecule has 8 heteroatoms. The molecule has 0 N–H and O–H groups in total. The highest BCUT2D eigenvalue weighted by atomic mass is 35.5. The molecule has 0 fully saturated rings. The second-order valence-corrected chi connectivity index (χ2v) is 8.42. The maximum absolute atomic E-state index is 11.9. The van der Waals surface area contributed by atoms with E-state index in [-0.39, 0.29) is 12.0 Å². The van der Waals surface area contributed by atoms with Crippen LogP contribution in [0.4, 0.5) is 0 Å². The summed E-state index contributed by atoms with van der Waals surface area (Å²) in [6.45, 7) is 0. The van der Waals surface area contributed by atoms with Crippen LogP contribution in [0.25, 0.3) is 0 Å². The Balaban J connectivity index is 1.55. The van der Waals surface area contributed by atoms with Gasteiger partial charge in [0.25, 0.3) is 0 Å². The van der Waals surface area contributed by atoms with Crippen LogP contribution in [-0.2, 0) is 4.74 Å². The lowest BCUT2D eigenvalue weighted by atomic mass is 9.95. The van der Waals surface area contributed by atoms with Gasteiger partial charge in [0.2, 0.25) is 6.23 Å². The smallest absolute Gasteiger partial charge is 0.337 e. The van der Waals surface area contributed by atoms with E-state index in [0.29, 0.717) is 28.5 Å². The fourth-order valence-corrected chi connectivity index (χ4v) is 4.55. The summed E-state index contributed by atoms with van der Waals surface area (Å²) in [5.74, 6) is 1.68. The Morgan fingerprint density at radius 3 is 2.47 bits per heavy atom. The number of hydrogen-bond acceptors (Lipinski definition) is 7. The molecule has 2 heterocycles. The summed E-state index contributed by atoms with van der Waals surface area (Å²) in [5, 5.41) is 7.56. The summed E-state index contributed by atoms with van der Waals surface area (Å²) in [5.41, 5.74) is 4.17. The van der Waals surface area contributed by atoms with E-state index in [4.69, 9.17) is 35.6 Å². The molecule has 0 saturated heterocycles. The van der Waals surface area contributed by atoms with Crippen LogP contribution in [0.3, 0.4) is 0 Å². The maximum Gasteiger partial charge on any atom is 0.337 e. The lowest BCUT2D eigenvalue weighted by Crippen LogP contribution is -2.33. The van der Waals surface area contributed by atoms with Gasteiger partial charge in [-0.05, 0) is 48.5 Å². The first-order valence-electron chi connectivity index (χ1n) is 10.7. The molecule has 2 atom stereocenters. The van der Waals surface area contributed by atoms with Crippen molar-refractivity contribution >= 4 is 23.3 Å². The van der Waals surface area contributed by atoms with Gasteiger partial charge >= 0.3 is 5.97 Å². The molecule has 3 aromatic rings. The molecular weight excluding hydrogens is 456 g/mol. The Morgan fingerprint density at radius 1 is 1.00 bits per heavy atom. The number of methoxy groups -OCH3 is 3. The third kappa shape index (κ3) is 3.82. The number of nitrogens with zero attached hydrogens (tertiary/aromatic N) is 2. The number of hydrazone groups is 1. The summed E-state index contributed by atoms with van der Waals surface area (Å²) in [7, 11) is 4.59. The van der Waals surface area contributed by atoms with Crippen LogP contribution in [-0.4, -0.2) is 38.0 Å². The highest BCUT2D eigenvalue weighted by Gasteiger charge is 2.41. The van der Waals surface area contributed by atoms with Crippen molar-refractivity contribution in [2.24, 2.45) is 5.10 Å². The van der Waals surface area contributed by atoms with Crippen molar-refractivity contribution in [3.8, 4) is 17.2 Å². The van der Waals surface area contributed by atoms with E-state index in [9.17, 15) is 4.79 Å². The predicted molar refractivity (Wildman–Crippen MR) is 128 cm³/mol. The van der Waals surface area contributed by atoms with E-state index < -0.39 is 6.23 Å². The first-order valence-corrected chi connectivity index (χ1v) is 11.1. The monoisotopic (exact) mass is 478 g/mol. The third-order valence-electron chi connectivity index (χ3n) is 6.09. The van der Waals surface area contributed by atoms with Crippen LogP contribution < -0.4 is 14.2 Å². The minimum absolute atomic E-state index is 0.0594. The molecule has 0 spiro atoms. The van der Waals surface area contributed by atoms with E-state index in [1.54, 1.807) is 26.4 Å². The molecule has 3 aromatic carbocycles. The molecule has 0 amide bonds. The lowest BCUT2D eigenvalue weighted by Gasteiger charge is -2.38. The van der Waals surface area contributed by atoms with Crippen molar-refractivity contribution in [3.05, 3.63) is 87.9 Å². The van der Waals surface area contributed by atoms with Gasteiger partial charge in [-0.1, -0.05) is 23.7 Å². The molecule has 174 valence electrons. The molecule has 0 aliphatic carbocycles. The molecule has 0 radical (unpaired) electrons. The SMILES string of the molecule is COC(=O)c1ccc(C2Oc3ccc(Cl)cc3C3CC(c4ccc(OC)c(OC)c4)=NN32)cc1. The minimum atomic E-state index is -0.469. The Labute approximate surface area is 202 Å². The van der Waals surface area contributed by atoms with Crippen molar-refractivity contribution in [2.75, 3.05) is 21.3 Å². The van der Waals surface area contributed by atoms with Gasteiger partial charge in [0.15, 0.2) is 11.5 Å². The van der Waals surface area contributed by atoms with Gasteiger partial charge in [0.05, 0.1) is 38.6 Å². The number of hydrogen-bond donors (Lipinski definition) is 0. The molecule has 0 bridgehead atoms. The van der Waals surface area contributed by atoms with Crippen LogP contribution in [0.1, 0.15) is 45.7 Å². The molecule has 2 aliphatic heterocycles. The summed E-state index contributed by atoms with van der Waals surface area (Å²) in [6.07, 6.45) is 0.200. The number of fused-ring (bicyclic) bond motifs is 3. The number of halogens is 1. The molecule has 0 saturated carbocycles. The van der Waals surface area contributed by atoms with Crippen molar-refractivity contribution in [3.63, 3.8) is 0 Å². The molecule has 0 aromatic heterocycles. The second-order valence-electron chi connectivity index (χ2n) is 7.98. The largest absolute Gasteiger partial charge is 0.493 e. The normalized spacial score (nSPS) is 18.4. The Bertz CT molecular complexity index is 1270. The molecule has 34 heavy (non-hydrogen) atoms. The zero-order chi connectivity index (χ0) is 23.8. The number of rotatable bonds is 5. The van der Waals surface area contributed by atoms with E-state index in [1.165, 1.54) is 7.11 Å². The van der Waals surface area contributed by atoms with Crippen LogP contribution in [0.2, 0.25) is 5.02 Å². The standard InChI is InChI=1S/C26H23ClN2O5/c1-31-23-10-8-17(12-24(23)32-2)20-14-21-19-13-18(27)9-11-22(19)34-25(29(21)28-20)15-4-6-16(7-5-15)26(30)33-3/h4-13,21,25H,14H2,1-3H3. The van der Waals surface area contributed by atoms with Crippen molar-refractivity contribution in [2.45, 2.75) is 18.7 Å². The van der Waals surface area contributed by atoms with E-state index in [0.717, 1.165) is 28.2 Å². The lowest BCUT2D eigenvalue weighted by molar-refractivity contribution is -0.0190. The number of benzene rings is 3. The van der Waals surface area contributed by atoms with Gasteiger partial charge in [0.1, 0.15) is 5.75 Å². The Kier molecular flexibility index (Phi) is 5.79. The first kappa shape index (κ1) is 22.1. The molecule has 2 unspecified atom stereocenters. The molecular formula is C26H23ClN2O5. The summed E-state index contributed by atoms with van der Waals surface area (Å²) in [6, 6.07) is 18.5. The minimum Gasteiger partial charge on any atom is -0.493 e.